The van der Waals surface area contributed by atoms with Gasteiger partial charge in [-0.3, -0.25) is 4.90 Å². The lowest BCUT2D eigenvalue weighted by Crippen LogP contribution is -2.56. The van der Waals surface area contributed by atoms with E-state index in [9.17, 15) is 4.79 Å². The van der Waals surface area contributed by atoms with Crippen molar-refractivity contribution in [2.75, 3.05) is 32.7 Å². The number of urea groups is 1. The number of nitrogens with two attached hydrogens (primary N) is 1. The first-order chi connectivity index (χ1) is 9.20. The van der Waals surface area contributed by atoms with Crippen molar-refractivity contribution < 1.29 is 4.79 Å². The largest absolute Gasteiger partial charge is 0.335 e. The van der Waals surface area contributed by atoms with Gasteiger partial charge in [0.2, 0.25) is 0 Å². The molecule has 0 radical (unpaired) electrons. The van der Waals surface area contributed by atoms with Crippen molar-refractivity contribution in [1.29, 1.82) is 0 Å². The van der Waals surface area contributed by atoms with E-state index in [0.29, 0.717) is 18.6 Å². The molecule has 110 valence electrons. The van der Waals surface area contributed by atoms with E-state index < -0.39 is 0 Å². The number of carbonyl (C=O) groups is 1. The smallest absolute Gasteiger partial charge is 0.317 e. The molecule has 1 heterocycles. The van der Waals surface area contributed by atoms with Gasteiger partial charge in [0.25, 0.3) is 0 Å². The Morgan fingerprint density at radius 3 is 2.42 bits per heavy atom. The molecule has 0 bridgehead atoms. The Labute approximate surface area is 116 Å². The van der Waals surface area contributed by atoms with Gasteiger partial charge in [0, 0.05) is 44.8 Å². The molecule has 0 spiro atoms. The van der Waals surface area contributed by atoms with Crippen LogP contribution in [-0.4, -0.2) is 60.6 Å². The number of hydrogen-bond acceptors (Lipinski definition) is 3. The number of nitrogens with zero attached hydrogens (tertiary/aromatic N) is 2. The van der Waals surface area contributed by atoms with Crippen molar-refractivity contribution in [3.8, 4) is 0 Å². The summed E-state index contributed by atoms with van der Waals surface area (Å²) < 4.78 is 0. The fraction of sp³-hybridized carbons (Fsp3) is 0.929. The van der Waals surface area contributed by atoms with Crippen molar-refractivity contribution in [3.63, 3.8) is 0 Å². The third kappa shape index (κ3) is 4.08. The molecule has 0 aromatic heterocycles. The average Bonchev–Trinajstić information content (AvgIpc) is 2.47. The van der Waals surface area contributed by atoms with Gasteiger partial charge in [0.05, 0.1) is 0 Å². The molecule has 0 aromatic rings. The SMILES string of the molecule is CC(CN)N1CCN(C(=O)NC2CCCCC2)CC1. The zero-order valence-electron chi connectivity index (χ0n) is 12.1. The Hall–Kier alpha value is -0.810. The van der Waals surface area contributed by atoms with Crippen LogP contribution in [0.1, 0.15) is 39.0 Å². The number of piperazine rings is 1. The number of carbonyl (C=O) groups excluding carboxylic acids is 1. The second-order valence-corrected chi connectivity index (χ2v) is 5.89. The monoisotopic (exact) mass is 268 g/mol. The van der Waals surface area contributed by atoms with E-state index in [1.54, 1.807) is 0 Å². The Kier molecular flexibility index (Phi) is 5.45. The molecule has 1 saturated heterocycles. The van der Waals surface area contributed by atoms with Crippen LogP contribution in [0.2, 0.25) is 0 Å². The first kappa shape index (κ1) is 14.6. The Balaban J connectivity index is 1.72. The van der Waals surface area contributed by atoms with Crippen LogP contribution < -0.4 is 11.1 Å². The van der Waals surface area contributed by atoms with Crippen molar-refractivity contribution in [3.05, 3.63) is 0 Å². The summed E-state index contributed by atoms with van der Waals surface area (Å²) in [7, 11) is 0. The summed E-state index contributed by atoms with van der Waals surface area (Å²) in [5, 5.41) is 3.19. The van der Waals surface area contributed by atoms with E-state index in [2.05, 4.69) is 17.1 Å². The molecule has 2 rings (SSSR count). The van der Waals surface area contributed by atoms with Gasteiger partial charge in [0.1, 0.15) is 0 Å². The summed E-state index contributed by atoms with van der Waals surface area (Å²) in [6.45, 7) is 6.37. The van der Waals surface area contributed by atoms with E-state index in [1.807, 2.05) is 4.90 Å². The average molecular weight is 268 g/mol. The minimum Gasteiger partial charge on any atom is -0.335 e. The van der Waals surface area contributed by atoms with E-state index in [-0.39, 0.29) is 6.03 Å². The number of amides is 2. The summed E-state index contributed by atoms with van der Waals surface area (Å²) in [6, 6.07) is 0.956. The zero-order chi connectivity index (χ0) is 13.7. The highest BCUT2D eigenvalue weighted by Crippen LogP contribution is 2.17. The van der Waals surface area contributed by atoms with Crippen molar-refractivity contribution >= 4 is 6.03 Å². The highest BCUT2D eigenvalue weighted by molar-refractivity contribution is 5.74. The Bertz CT molecular complexity index is 283. The topological polar surface area (TPSA) is 61.6 Å². The van der Waals surface area contributed by atoms with Gasteiger partial charge in [-0.15, -0.1) is 0 Å². The van der Waals surface area contributed by atoms with Crippen LogP contribution in [-0.2, 0) is 0 Å². The quantitative estimate of drug-likeness (QED) is 0.802. The molecule has 2 amide bonds. The first-order valence-electron chi connectivity index (χ1n) is 7.70. The number of nitrogens with one attached hydrogen (secondary N) is 1. The molecular formula is C14H28N4O. The van der Waals surface area contributed by atoms with E-state index in [4.69, 9.17) is 5.73 Å². The van der Waals surface area contributed by atoms with Crippen molar-refractivity contribution in [2.24, 2.45) is 5.73 Å². The number of hydrogen-bond donors (Lipinski definition) is 2. The fourth-order valence-electron chi connectivity index (χ4n) is 3.03. The Morgan fingerprint density at radius 1 is 1.21 bits per heavy atom. The van der Waals surface area contributed by atoms with Crippen LogP contribution in [0.15, 0.2) is 0 Å². The molecular weight excluding hydrogens is 240 g/mol. The van der Waals surface area contributed by atoms with Crippen molar-refractivity contribution in [2.45, 2.75) is 51.1 Å². The van der Waals surface area contributed by atoms with Crippen LogP contribution in [0.25, 0.3) is 0 Å². The van der Waals surface area contributed by atoms with Gasteiger partial charge >= 0.3 is 6.03 Å². The highest BCUT2D eigenvalue weighted by atomic mass is 16.2. The van der Waals surface area contributed by atoms with Gasteiger partial charge in [-0.25, -0.2) is 4.79 Å². The minimum absolute atomic E-state index is 0.131. The fourth-order valence-corrected chi connectivity index (χ4v) is 3.03. The maximum absolute atomic E-state index is 12.2. The minimum atomic E-state index is 0.131. The van der Waals surface area contributed by atoms with E-state index in [1.165, 1.54) is 19.3 Å². The summed E-state index contributed by atoms with van der Waals surface area (Å²) in [5.74, 6) is 0. The summed E-state index contributed by atoms with van der Waals surface area (Å²) >= 11 is 0. The van der Waals surface area contributed by atoms with Crippen LogP contribution in [0.5, 0.6) is 0 Å². The van der Waals surface area contributed by atoms with Crippen LogP contribution >= 0.6 is 0 Å². The molecule has 1 aliphatic heterocycles. The van der Waals surface area contributed by atoms with Gasteiger partial charge in [-0.1, -0.05) is 19.3 Å². The standard InChI is InChI=1S/C14H28N4O/c1-12(11-15)17-7-9-18(10-8-17)14(19)16-13-5-3-2-4-6-13/h12-13H,2-11,15H2,1H3,(H,16,19). The lowest BCUT2D eigenvalue weighted by molar-refractivity contribution is 0.114. The lowest BCUT2D eigenvalue weighted by Gasteiger charge is -2.38. The van der Waals surface area contributed by atoms with Crippen LogP contribution in [0.4, 0.5) is 4.79 Å². The van der Waals surface area contributed by atoms with E-state index >= 15 is 0 Å². The number of rotatable bonds is 3. The molecule has 1 aliphatic carbocycles. The highest BCUT2D eigenvalue weighted by Gasteiger charge is 2.25. The molecule has 2 aliphatic rings. The van der Waals surface area contributed by atoms with Gasteiger partial charge in [0.15, 0.2) is 0 Å². The summed E-state index contributed by atoms with van der Waals surface area (Å²) in [5.41, 5.74) is 5.69. The second-order valence-electron chi connectivity index (χ2n) is 5.89. The molecule has 3 N–H and O–H groups in total. The normalized spacial score (nSPS) is 24.2. The predicted molar refractivity (Wildman–Crippen MR) is 77.1 cm³/mol. The summed E-state index contributed by atoms with van der Waals surface area (Å²) in [4.78, 5) is 16.5. The maximum Gasteiger partial charge on any atom is 0.317 e. The lowest BCUT2D eigenvalue weighted by atomic mass is 9.96. The van der Waals surface area contributed by atoms with E-state index in [0.717, 1.165) is 39.0 Å². The molecule has 19 heavy (non-hydrogen) atoms. The predicted octanol–water partition coefficient (Wildman–Crippen LogP) is 0.994. The van der Waals surface area contributed by atoms with Crippen LogP contribution in [0.3, 0.4) is 0 Å². The maximum atomic E-state index is 12.2. The molecule has 0 aromatic carbocycles. The van der Waals surface area contributed by atoms with Gasteiger partial charge < -0.3 is 16.0 Å². The molecule has 5 heteroatoms. The van der Waals surface area contributed by atoms with Crippen molar-refractivity contribution in [1.82, 2.24) is 15.1 Å². The second kappa shape index (κ2) is 7.10. The van der Waals surface area contributed by atoms with Gasteiger partial charge in [-0.2, -0.15) is 0 Å². The molecule has 1 saturated carbocycles. The zero-order valence-corrected chi connectivity index (χ0v) is 12.1. The van der Waals surface area contributed by atoms with Crippen LogP contribution in [0, 0.1) is 0 Å². The molecule has 5 nitrogen and oxygen atoms in total. The third-order valence-electron chi connectivity index (χ3n) is 4.50. The summed E-state index contributed by atoms with van der Waals surface area (Å²) in [6.07, 6.45) is 6.13. The molecule has 1 atom stereocenters. The molecule has 1 unspecified atom stereocenters. The van der Waals surface area contributed by atoms with Gasteiger partial charge in [-0.05, 0) is 19.8 Å². The molecule has 2 fully saturated rings. The third-order valence-corrected chi connectivity index (χ3v) is 4.50. The first-order valence-corrected chi connectivity index (χ1v) is 7.70. The Morgan fingerprint density at radius 2 is 1.84 bits per heavy atom.